The van der Waals surface area contributed by atoms with Crippen LogP contribution in [0, 0.1) is 0 Å². The van der Waals surface area contributed by atoms with Crippen molar-refractivity contribution in [1.82, 2.24) is 10.1 Å². The van der Waals surface area contributed by atoms with E-state index in [1.165, 1.54) is 0 Å². The van der Waals surface area contributed by atoms with Crippen molar-refractivity contribution >= 4 is 5.91 Å². The predicted molar refractivity (Wildman–Crippen MR) is 44.5 cm³/mol. The van der Waals surface area contributed by atoms with Crippen molar-refractivity contribution in [2.45, 2.75) is 19.4 Å². The Balaban J connectivity index is 2.19. The Morgan fingerprint density at radius 3 is 2.93 bits per heavy atom. The Hall–Kier alpha value is -1.66. The maximum atomic E-state index is 12.1. The van der Waals surface area contributed by atoms with Crippen molar-refractivity contribution in [3.05, 3.63) is 21.7 Å². The second-order valence-electron chi connectivity index (χ2n) is 3.25. The minimum absolute atomic E-state index is 0.0722. The highest BCUT2D eigenvalue weighted by atomic mass is 19.3. The zero-order valence-electron chi connectivity index (χ0n) is 7.63. The molecule has 0 radical (unpaired) electrons. The van der Waals surface area contributed by atoms with Crippen LogP contribution in [0.2, 0.25) is 0 Å². The van der Waals surface area contributed by atoms with Gasteiger partial charge in [0.2, 0.25) is 0 Å². The zero-order chi connectivity index (χ0) is 11.0. The minimum Gasteiger partial charge on any atom is -0.381 e. The third-order valence-corrected chi connectivity index (χ3v) is 2.34. The molecular weight excluding hydrogens is 210 g/mol. The van der Waals surface area contributed by atoms with Gasteiger partial charge in [0, 0.05) is 6.54 Å². The Morgan fingerprint density at radius 2 is 2.27 bits per heavy atom. The van der Waals surface area contributed by atoms with Crippen LogP contribution in [-0.2, 0) is 17.8 Å². The van der Waals surface area contributed by atoms with Crippen molar-refractivity contribution < 1.29 is 18.1 Å². The molecule has 2 rings (SSSR count). The summed E-state index contributed by atoms with van der Waals surface area (Å²) in [5.41, 5.74) is 0.0856. The zero-order valence-corrected chi connectivity index (χ0v) is 7.63. The number of aromatic nitrogens is 1. The van der Waals surface area contributed by atoms with E-state index in [1.807, 2.05) is 0 Å². The second-order valence-corrected chi connectivity index (χ2v) is 3.25. The molecule has 1 aromatic heterocycles. The number of fused-ring (bicyclic) bond motifs is 1. The van der Waals surface area contributed by atoms with Crippen molar-refractivity contribution in [2.75, 3.05) is 6.54 Å². The largest absolute Gasteiger partial charge is 0.381 e. The first kappa shape index (κ1) is 9.88. The van der Waals surface area contributed by atoms with Crippen molar-refractivity contribution in [3.63, 3.8) is 0 Å². The average molecular weight is 218 g/mol. The van der Waals surface area contributed by atoms with Crippen LogP contribution >= 0.6 is 0 Å². The van der Waals surface area contributed by atoms with E-state index in [4.69, 9.17) is 4.52 Å². The van der Waals surface area contributed by atoms with Crippen LogP contribution in [0.5, 0.6) is 0 Å². The quantitative estimate of drug-likeness (QED) is 0.727. The highest BCUT2D eigenvalue weighted by Gasteiger charge is 2.29. The number of H-pyrrole nitrogens is 1. The summed E-state index contributed by atoms with van der Waals surface area (Å²) in [6.07, 6.45) is -2.77. The van der Waals surface area contributed by atoms with E-state index in [0.29, 0.717) is 5.56 Å². The lowest BCUT2D eigenvalue weighted by Crippen LogP contribution is -2.39. The van der Waals surface area contributed by atoms with Crippen molar-refractivity contribution in [1.29, 1.82) is 0 Å². The molecule has 15 heavy (non-hydrogen) atoms. The number of alkyl halides is 2. The van der Waals surface area contributed by atoms with Gasteiger partial charge in [-0.1, -0.05) is 0 Å². The van der Waals surface area contributed by atoms with Gasteiger partial charge in [0.25, 0.3) is 11.5 Å². The van der Waals surface area contributed by atoms with E-state index in [2.05, 4.69) is 5.16 Å². The van der Waals surface area contributed by atoms with Gasteiger partial charge in [0.05, 0.1) is 12.1 Å². The highest BCUT2D eigenvalue weighted by molar-refractivity contribution is 5.79. The molecule has 5 nitrogen and oxygen atoms in total. The van der Waals surface area contributed by atoms with Crippen molar-refractivity contribution in [2.24, 2.45) is 0 Å². The number of nitrogens with zero attached hydrogens (tertiary/aromatic N) is 1. The summed E-state index contributed by atoms with van der Waals surface area (Å²) in [6, 6.07) is 0. The fraction of sp³-hybridized carbons (Fsp3) is 0.500. The predicted octanol–water partition coefficient (Wildman–Crippen LogP) is 0.118. The molecule has 0 aromatic carbocycles. The second kappa shape index (κ2) is 3.48. The molecule has 1 aliphatic heterocycles. The molecular formula is C8H8F2N2O3. The first-order chi connectivity index (χ1) is 7.09. The molecule has 1 amide bonds. The number of halogens is 2. The standard InChI is InChI=1S/C8H8F2N2O3/c9-6(10)8(14)12-2-1-4-5(3-12)15-11-7(4)13/h6H,1-3H2,(H,11,13). The molecule has 82 valence electrons. The first-order valence-corrected chi connectivity index (χ1v) is 4.35. The van der Waals surface area contributed by atoms with Gasteiger partial charge in [-0.05, 0) is 6.42 Å². The summed E-state index contributed by atoms with van der Waals surface area (Å²) in [5, 5.41) is 2.11. The molecule has 1 aliphatic rings. The number of aromatic amines is 1. The van der Waals surface area contributed by atoms with E-state index >= 15 is 0 Å². The van der Waals surface area contributed by atoms with Gasteiger partial charge in [-0.25, -0.2) is 0 Å². The fourth-order valence-electron chi connectivity index (χ4n) is 1.56. The molecule has 0 fully saturated rings. The Labute approximate surface area is 82.6 Å². The molecule has 0 unspecified atom stereocenters. The Morgan fingerprint density at radius 1 is 1.53 bits per heavy atom. The van der Waals surface area contributed by atoms with Gasteiger partial charge in [0.1, 0.15) is 0 Å². The average Bonchev–Trinajstić information content (AvgIpc) is 2.59. The molecule has 0 saturated heterocycles. The summed E-state index contributed by atoms with van der Waals surface area (Å²) in [5.74, 6) is -0.968. The topological polar surface area (TPSA) is 66.3 Å². The number of carbonyl (C=O) groups is 1. The number of amides is 1. The minimum atomic E-state index is -3.02. The van der Waals surface area contributed by atoms with E-state index in [1.54, 1.807) is 0 Å². The summed E-state index contributed by atoms with van der Waals surface area (Å²) < 4.78 is 29.0. The van der Waals surface area contributed by atoms with Crippen LogP contribution in [0.1, 0.15) is 11.3 Å². The van der Waals surface area contributed by atoms with Crippen LogP contribution in [0.4, 0.5) is 8.78 Å². The van der Waals surface area contributed by atoms with Crippen LogP contribution in [0.3, 0.4) is 0 Å². The van der Waals surface area contributed by atoms with Gasteiger partial charge in [0.15, 0.2) is 5.76 Å². The van der Waals surface area contributed by atoms with Gasteiger partial charge in [-0.2, -0.15) is 13.9 Å². The molecule has 0 saturated carbocycles. The lowest BCUT2D eigenvalue weighted by atomic mass is 10.1. The third-order valence-electron chi connectivity index (χ3n) is 2.34. The number of hydrogen-bond acceptors (Lipinski definition) is 3. The fourth-order valence-corrected chi connectivity index (χ4v) is 1.56. The lowest BCUT2D eigenvalue weighted by molar-refractivity contribution is -0.144. The molecule has 1 aromatic rings. The van der Waals surface area contributed by atoms with Gasteiger partial charge >= 0.3 is 6.43 Å². The number of rotatable bonds is 1. The molecule has 7 heteroatoms. The Bertz CT molecular complexity index is 437. The van der Waals surface area contributed by atoms with Gasteiger partial charge < -0.3 is 9.42 Å². The van der Waals surface area contributed by atoms with Gasteiger partial charge in [-0.15, -0.1) is 0 Å². The SMILES string of the molecule is O=C(C(F)F)N1CCc2c(o[nH]c2=O)C1. The summed E-state index contributed by atoms with van der Waals surface area (Å²) in [4.78, 5) is 23.0. The monoisotopic (exact) mass is 218 g/mol. The van der Waals surface area contributed by atoms with Crippen LogP contribution in [0.15, 0.2) is 9.32 Å². The summed E-state index contributed by atoms with van der Waals surface area (Å²) >= 11 is 0. The Kier molecular flexibility index (Phi) is 2.29. The van der Waals surface area contributed by atoms with Crippen molar-refractivity contribution in [3.8, 4) is 0 Å². The maximum Gasteiger partial charge on any atom is 0.315 e. The molecule has 0 spiro atoms. The summed E-state index contributed by atoms with van der Waals surface area (Å²) in [7, 11) is 0. The first-order valence-electron chi connectivity index (χ1n) is 4.35. The molecule has 0 aliphatic carbocycles. The smallest absolute Gasteiger partial charge is 0.315 e. The van der Waals surface area contributed by atoms with Gasteiger partial charge in [-0.3, -0.25) is 9.59 Å². The van der Waals surface area contributed by atoms with E-state index < -0.39 is 12.3 Å². The molecule has 2 heterocycles. The van der Waals surface area contributed by atoms with Crippen LogP contribution in [0.25, 0.3) is 0 Å². The number of nitrogens with one attached hydrogen (secondary N) is 1. The molecule has 1 N–H and O–H groups in total. The highest BCUT2D eigenvalue weighted by Crippen LogP contribution is 2.16. The third kappa shape index (κ3) is 1.64. The van der Waals surface area contributed by atoms with E-state index in [9.17, 15) is 18.4 Å². The van der Waals surface area contributed by atoms with Crippen LogP contribution in [-0.4, -0.2) is 28.9 Å². The van der Waals surface area contributed by atoms with Crippen LogP contribution < -0.4 is 5.56 Å². The lowest BCUT2D eigenvalue weighted by Gasteiger charge is -2.24. The number of carbonyl (C=O) groups excluding carboxylic acids is 1. The maximum absolute atomic E-state index is 12.1. The normalized spacial score (nSPS) is 15.5. The summed E-state index contributed by atoms with van der Waals surface area (Å²) in [6.45, 7) is 0.0516. The molecule has 0 bridgehead atoms. The number of hydrogen-bond donors (Lipinski definition) is 1. The van der Waals surface area contributed by atoms with E-state index in [0.717, 1.165) is 4.90 Å². The van der Waals surface area contributed by atoms with E-state index in [-0.39, 0.29) is 30.8 Å². The molecule has 0 atom stereocenters.